The van der Waals surface area contributed by atoms with Gasteiger partial charge in [0.25, 0.3) is 0 Å². The number of nitrogens with zero attached hydrogens (tertiary/aromatic N) is 4. The molecule has 0 bridgehead atoms. The lowest BCUT2D eigenvalue weighted by Crippen LogP contribution is -2.35. The summed E-state index contributed by atoms with van der Waals surface area (Å²) in [6.07, 6.45) is 7.70. The SMILES string of the molecule is CN(C(=O)OCc1c(-c2ccc(O[C@H]3CCC[C@H](C(=O)O)C3)c(CF)n2)cnn1C)C1CCCC1. The number of aliphatic carboxylic acids is 1. The normalized spacial score (nSPS) is 20.5. The Kier molecular flexibility index (Phi) is 7.87. The first-order chi connectivity index (χ1) is 16.9. The molecule has 2 fully saturated rings. The van der Waals surface area contributed by atoms with Gasteiger partial charge in [0.05, 0.1) is 29.6 Å². The largest absolute Gasteiger partial charge is 0.488 e. The predicted octanol–water partition coefficient (Wildman–Crippen LogP) is 4.48. The summed E-state index contributed by atoms with van der Waals surface area (Å²) in [5.74, 6) is -0.942. The van der Waals surface area contributed by atoms with Gasteiger partial charge in [-0.15, -0.1) is 0 Å². The molecular formula is C25H33FN4O5. The first kappa shape index (κ1) is 24.9. The Morgan fingerprint density at radius 2 is 1.97 bits per heavy atom. The van der Waals surface area contributed by atoms with E-state index >= 15 is 0 Å². The number of halogens is 1. The highest BCUT2D eigenvalue weighted by atomic mass is 19.1. The predicted molar refractivity (Wildman–Crippen MR) is 125 cm³/mol. The van der Waals surface area contributed by atoms with Gasteiger partial charge in [0.2, 0.25) is 0 Å². The molecule has 2 aromatic heterocycles. The number of aromatic nitrogens is 3. The lowest BCUT2D eigenvalue weighted by molar-refractivity contribution is -0.143. The van der Waals surface area contributed by atoms with E-state index in [0.717, 1.165) is 38.5 Å². The third-order valence-electron chi connectivity index (χ3n) is 7.16. The van der Waals surface area contributed by atoms with Crippen molar-refractivity contribution in [2.24, 2.45) is 13.0 Å². The third-order valence-corrected chi connectivity index (χ3v) is 7.16. The fourth-order valence-corrected chi connectivity index (χ4v) is 5.02. The van der Waals surface area contributed by atoms with Crippen molar-refractivity contribution < 1.29 is 28.6 Å². The molecule has 9 nitrogen and oxygen atoms in total. The number of ether oxygens (including phenoxy) is 2. The first-order valence-electron chi connectivity index (χ1n) is 12.2. The van der Waals surface area contributed by atoms with Gasteiger partial charge in [-0.1, -0.05) is 12.8 Å². The van der Waals surface area contributed by atoms with Gasteiger partial charge in [0.15, 0.2) is 0 Å². The van der Waals surface area contributed by atoms with Gasteiger partial charge >= 0.3 is 12.1 Å². The van der Waals surface area contributed by atoms with Crippen molar-refractivity contribution in [1.82, 2.24) is 19.7 Å². The van der Waals surface area contributed by atoms with Crippen LogP contribution >= 0.6 is 0 Å². The summed E-state index contributed by atoms with van der Waals surface area (Å²) in [7, 11) is 3.52. The Hall–Kier alpha value is -3.17. The summed E-state index contributed by atoms with van der Waals surface area (Å²) >= 11 is 0. The summed E-state index contributed by atoms with van der Waals surface area (Å²) in [5, 5.41) is 13.6. The molecule has 2 atom stereocenters. The van der Waals surface area contributed by atoms with Crippen LogP contribution in [0.5, 0.6) is 5.75 Å². The molecule has 10 heteroatoms. The second-order valence-electron chi connectivity index (χ2n) is 9.45. The van der Waals surface area contributed by atoms with Crippen molar-refractivity contribution in [3.05, 3.63) is 29.7 Å². The van der Waals surface area contributed by atoms with Crippen LogP contribution < -0.4 is 4.74 Å². The van der Waals surface area contributed by atoms with E-state index in [1.807, 2.05) is 0 Å². The third kappa shape index (κ3) is 5.74. The summed E-state index contributed by atoms with van der Waals surface area (Å²) in [6.45, 7) is -0.805. The van der Waals surface area contributed by atoms with Crippen LogP contribution in [-0.4, -0.2) is 56.0 Å². The van der Waals surface area contributed by atoms with E-state index in [2.05, 4.69) is 10.1 Å². The molecule has 1 N–H and O–H groups in total. The molecule has 35 heavy (non-hydrogen) atoms. The Balaban J connectivity index is 1.46. The number of alkyl halides is 1. The molecule has 0 aliphatic heterocycles. The smallest absolute Gasteiger partial charge is 0.410 e. The number of carbonyl (C=O) groups excluding carboxylic acids is 1. The number of carbonyl (C=O) groups is 2. The average molecular weight is 489 g/mol. The molecule has 0 radical (unpaired) electrons. The maximum absolute atomic E-state index is 13.9. The Bertz CT molecular complexity index is 1050. The number of aryl methyl sites for hydroxylation is 1. The maximum Gasteiger partial charge on any atom is 0.410 e. The van der Waals surface area contributed by atoms with Crippen molar-refractivity contribution in [2.45, 2.75) is 76.8 Å². The van der Waals surface area contributed by atoms with Gasteiger partial charge in [-0.25, -0.2) is 14.2 Å². The Labute approximate surface area is 204 Å². The van der Waals surface area contributed by atoms with Crippen LogP contribution in [-0.2, 0) is 29.9 Å². The minimum Gasteiger partial charge on any atom is -0.488 e. The zero-order chi connectivity index (χ0) is 24.9. The van der Waals surface area contributed by atoms with Gasteiger partial charge < -0.3 is 19.5 Å². The van der Waals surface area contributed by atoms with E-state index in [-0.39, 0.29) is 30.5 Å². The topological polar surface area (TPSA) is 107 Å². The van der Waals surface area contributed by atoms with Crippen molar-refractivity contribution in [3.63, 3.8) is 0 Å². The fraction of sp³-hybridized carbons (Fsp3) is 0.600. The van der Waals surface area contributed by atoms with Crippen LogP contribution in [0.2, 0.25) is 0 Å². The maximum atomic E-state index is 13.9. The molecule has 0 aromatic carbocycles. The summed E-state index contributed by atoms with van der Waals surface area (Å²) < 4.78 is 27.1. The molecule has 2 saturated carbocycles. The Morgan fingerprint density at radius 1 is 1.20 bits per heavy atom. The molecule has 2 heterocycles. The molecule has 0 saturated heterocycles. The second-order valence-corrected chi connectivity index (χ2v) is 9.45. The number of carboxylic acids is 1. The van der Waals surface area contributed by atoms with E-state index in [4.69, 9.17) is 9.47 Å². The van der Waals surface area contributed by atoms with Crippen molar-refractivity contribution in [2.75, 3.05) is 7.05 Å². The summed E-state index contributed by atoms with van der Waals surface area (Å²) in [6, 6.07) is 3.60. The van der Waals surface area contributed by atoms with Crippen LogP contribution in [0.1, 0.15) is 62.8 Å². The van der Waals surface area contributed by atoms with Gasteiger partial charge in [-0.2, -0.15) is 5.10 Å². The highest BCUT2D eigenvalue weighted by Gasteiger charge is 2.29. The molecule has 4 rings (SSSR count). The standard InChI is InChI=1S/C25H33FN4O5/c1-29(17-7-3-4-8-17)25(33)34-15-22-19(14-27-30(22)2)20-10-11-23(21(13-26)28-20)35-18-9-5-6-16(12-18)24(31)32/h10-11,14,16-18H,3-9,12-13,15H2,1-2H3,(H,31,32)/t16-,18-/m0/s1. The number of carboxylic acid groups (broad SMARTS) is 1. The van der Waals surface area contributed by atoms with E-state index in [0.29, 0.717) is 35.5 Å². The molecule has 2 aromatic rings. The lowest BCUT2D eigenvalue weighted by Gasteiger charge is -2.27. The monoisotopic (exact) mass is 488 g/mol. The minimum atomic E-state index is -0.824. The van der Waals surface area contributed by atoms with Crippen LogP contribution in [0, 0.1) is 5.92 Å². The molecule has 1 amide bonds. The number of pyridine rings is 1. The molecule has 0 unspecified atom stereocenters. The Morgan fingerprint density at radius 3 is 2.69 bits per heavy atom. The average Bonchev–Trinajstić information content (AvgIpc) is 3.52. The van der Waals surface area contributed by atoms with E-state index < -0.39 is 18.6 Å². The van der Waals surface area contributed by atoms with Crippen LogP contribution in [0.15, 0.2) is 18.3 Å². The number of amides is 1. The van der Waals surface area contributed by atoms with Gasteiger partial charge in [0.1, 0.15) is 24.7 Å². The zero-order valence-corrected chi connectivity index (χ0v) is 20.3. The molecule has 0 spiro atoms. The van der Waals surface area contributed by atoms with Crippen LogP contribution in [0.4, 0.5) is 9.18 Å². The highest BCUT2D eigenvalue weighted by molar-refractivity contribution is 5.70. The molecule has 2 aliphatic carbocycles. The van der Waals surface area contributed by atoms with Crippen molar-refractivity contribution in [3.8, 4) is 17.0 Å². The van der Waals surface area contributed by atoms with Gasteiger partial charge in [-0.05, 0) is 50.7 Å². The fourth-order valence-electron chi connectivity index (χ4n) is 5.02. The number of hydrogen-bond donors (Lipinski definition) is 1. The second kappa shape index (κ2) is 11.0. The summed E-state index contributed by atoms with van der Waals surface area (Å²) in [5.41, 5.74) is 1.95. The van der Waals surface area contributed by atoms with Gasteiger partial charge in [0, 0.05) is 25.7 Å². The van der Waals surface area contributed by atoms with E-state index in [9.17, 15) is 19.1 Å². The van der Waals surface area contributed by atoms with Crippen molar-refractivity contribution >= 4 is 12.1 Å². The molecule has 190 valence electrons. The first-order valence-corrected chi connectivity index (χ1v) is 12.2. The van der Waals surface area contributed by atoms with Crippen molar-refractivity contribution in [1.29, 1.82) is 0 Å². The van der Waals surface area contributed by atoms with Crippen LogP contribution in [0.25, 0.3) is 11.3 Å². The summed E-state index contributed by atoms with van der Waals surface area (Å²) in [4.78, 5) is 30.0. The number of hydrogen-bond acceptors (Lipinski definition) is 6. The quantitative estimate of drug-likeness (QED) is 0.584. The highest BCUT2D eigenvalue weighted by Crippen LogP contribution is 2.32. The van der Waals surface area contributed by atoms with E-state index in [1.54, 1.807) is 42.0 Å². The molecule has 2 aliphatic rings. The lowest BCUT2D eigenvalue weighted by atomic mass is 9.87. The zero-order valence-electron chi connectivity index (χ0n) is 20.3. The van der Waals surface area contributed by atoms with E-state index in [1.165, 1.54) is 0 Å². The molecular weight excluding hydrogens is 455 g/mol. The van der Waals surface area contributed by atoms with Gasteiger partial charge in [-0.3, -0.25) is 9.48 Å². The minimum absolute atomic E-state index is 0.0191. The number of rotatable bonds is 8. The van der Waals surface area contributed by atoms with Crippen LogP contribution in [0.3, 0.4) is 0 Å².